The van der Waals surface area contributed by atoms with Gasteiger partial charge in [-0.2, -0.15) is 0 Å². The van der Waals surface area contributed by atoms with E-state index in [1.807, 2.05) is 34.9 Å². The minimum absolute atomic E-state index is 0.249. The first kappa shape index (κ1) is 23.1. The summed E-state index contributed by atoms with van der Waals surface area (Å²) in [6.07, 6.45) is 5.83. The summed E-state index contributed by atoms with van der Waals surface area (Å²) in [7, 11) is 0. The van der Waals surface area contributed by atoms with Gasteiger partial charge in [-0.05, 0) is 43.0 Å². The van der Waals surface area contributed by atoms with Crippen LogP contribution in [0.4, 0.5) is 8.78 Å². The normalized spacial score (nSPS) is 14.6. The molecule has 176 valence electrons. The Kier molecular flexibility index (Phi) is 6.75. The lowest BCUT2D eigenvalue weighted by atomic mass is 9.89. The Morgan fingerprint density at radius 1 is 0.941 bits per heavy atom. The van der Waals surface area contributed by atoms with E-state index in [9.17, 15) is 8.78 Å². The minimum atomic E-state index is -0.910. The SMILES string of the molecule is Fc1cc2nc(-c3ccc(Cl)cc3OCc3ccccc3Cl)n(CC3CCCCC3)c2cc1F. The molecule has 1 fully saturated rings. The molecule has 0 radical (unpaired) electrons. The molecular weight excluding hydrogens is 477 g/mol. The zero-order valence-corrected chi connectivity index (χ0v) is 20.0. The topological polar surface area (TPSA) is 27.1 Å². The van der Waals surface area contributed by atoms with E-state index in [4.69, 9.17) is 32.9 Å². The average molecular weight is 501 g/mol. The standard InChI is InChI=1S/C27H24Cl2F2N2O/c28-19-10-11-20(26(12-19)34-16-18-8-4-5-9-21(18)29)27-32-24-13-22(30)23(31)14-25(24)33(27)15-17-6-2-1-3-7-17/h4-5,8-14,17H,1-3,6-7,15-16H2. The van der Waals surface area contributed by atoms with Gasteiger partial charge < -0.3 is 9.30 Å². The average Bonchev–Trinajstić information content (AvgIpc) is 3.16. The van der Waals surface area contributed by atoms with Crippen LogP contribution in [0.5, 0.6) is 5.75 Å². The fourth-order valence-electron chi connectivity index (χ4n) is 4.71. The highest BCUT2D eigenvalue weighted by atomic mass is 35.5. The van der Waals surface area contributed by atoms with Crippen molar-refractivity contribution in [1.29, 1.82) is 0 Å². The van der Waals surface area contributed by atoms with Crippen LogP contribution in [-0.2, 0) is 13.2 Å². The van der Waals surface area contributed by atoms with Crippen LogP contribution in [0.25, 0.3) is 22.4 Å². The lowest BCUT2D eigenvalue weighted by molar-refractivity contribution is 0.306. The summed E-state index contributed by atoms with van der Waals surface area (Å²) in [5, 5.41) is 1.13. The van der Waals surface area contributed by atoms with Crippen LogP contribution in [0, 0.1) is 17.6 Å². The largest absolute Gasteiger partial charge is 0.488 e. The van der Waals surface area contributed by atoms with Gasteiger partial charge in [-0.25, -0.2) is 13.8 Å². The number of hydrogen-bond acceptors (Lipinski definition) is 2. The van der Waals surface area contributed by atoms with Crippen molar-refractivity contribution in [3.63, 3.8) is 0 Å². The zero-order valence-electron chi connectivity index (χ0n) is 18.5. The Bertz CT molecular complexity index is 1330. The van der Waals surface area contributed by atoms with E-state index in [1.54, 1.807) is 12.1 Å². The highest BCUT2D eigenvalue weighted by Crippen LogP contribution is 2.37. The molecule has 5 rings (SSSR count). The number of fused-ring (bicyclic) bond motifs is 1. The van der Waals surface area contributed by atoms with Crippen LogP contribution in [0.2, 0.25) is 10.0 Å². The molecule has 3 nitrogen and oxygen atoms in total. The van der Waals surface area contributed by atoms with Gasteiger partial charge in [0.15, 0.2) is 11.6 Å². The van der Waals surface area contributed by atoms with Crippen molar-refractivity contribution in [3.8, 4) is 17.1 Å². The molecule has 0 amide bonds. The number of ether oxygens (including phenoxy) is 1. The lowest BCUT2D eigenvalue weighted by Gasteiger charge is -2.23. The highest BCUT2D eigenvalue weighted by molar-refractivity contribution is 6.31. The molecule has 1 aliphatic rings. The van der Waals surface area contributed by atoms with Gasteiger partial charge in [0.25, 0.3) is 0 Å². The third-order valence-corrected chi connectivity index (χ3v) is 7.09. The summed E-state index contributed by atoms with van der Waals surface area (Å²) in [4.78, 5) is 4.72. The Labute approximate surface area is 207 Å². The first-order valence-corrected chi connectivity index (χ1v) is 12.3. The lowest BCUT2D eigenvalue weighted by Crippen LogP contribution is -2.15. The van der Waals surface area contributed by atoms with Crippen molar-refractivity contribution in [3.05, 3.63) is 81.8 Å². The van der Waals surface area contributed by atoms with Crippen LogP contribution >= 0.6 is 23.2 Å². The van der Waals surface area contributed by atoms with Crippen LogP contribution in [0.1, 0.15) is 37.7 Å². The summed E-state index contributed by atoms with van der Waals surface area (Å²) in [5.41, 5.74) is 2.54. The van der Waals surface area contributed by atoms with Gasteiger partial charge in [0.1, 0.15) is 18.2 Å². The first-order chi connectivity index (χ1) is 16.5. The van der Waals surface area contributed by atoms with Gasteiger partial charge >= 0.3 is 0 Å². The quantitative estimate of drug-likeness (QED) is 0.265. The van der Waals surface area contributed by atoms with Crippen LogP contribution in [-0.4, -0.2) is 9.55 Å². The summed E-state index contributed by atoms with van der Waals surface area (Å²) >= 11 is 12.6. The molecule has 0 bridgehead atoms. The third kappa shape index (κ3) is 4.77. The summed E-state index contributed by atoms with van der Waals surface area (Å²) in [5.74, 6) is -0.189. The first-order valence-electron chi connectivity index (χ1n) is 11.5. The second-order valence-electron chi connectivity index (χ2n) is 8.83. The van der Waals surface area contributed by atoms with E-state index < -0.39 is 11.6 Å². The van der Waals surface area contributed by atoms with Crippen molar-refractivity contribution in [2.75, 3.05) is 0 Å². The maximum absolute atomic E-state index is 14.2. The second-order valence-corrected chi connectivity index (χ2v) is 9.67. The molecule has 0 unspecified atom stereocenters. The maximum atomic E-state index is 14.2. The summed E-state index contributed by atoms with van der Waals surface area (Å²) in [6.45, 7) is 0.933. The van der Waals surface area contributed by atoms with Crippen molar-refractivity contribution < 1.29 is 13.5 Å². The molecule has 1 heterocycles. The molecular formula is C27H24Cl2F2N2O. The fourth-order valence-corrected chi connectivity index (χ4v) is 5.06. The molecule has 0 aliphatic heterocycles. The molecule has 7 heteroatoms. The van der Waals surface area contributed by atoms with Gasteiger partial charge in [0.05, 0.1) is 16.6 Å². The molecule has 3 aromatic carbocycles. The van der Waals surface area contributed by atoms with E-state index >= 15 is 0 Å². The smallest absolute Gasteiger partial charge is 0.161 e. The van der Waals surface area contributed by atoms with Gasteiger partial charge in [0.2, 0.25) is 0 Å². The van der Waals surface area contributed by atoms with Crippen LogP contribution in [0.15, 0.2) is 54.6 Å². The number of halogens is 4. The minimum Gasteiger partial charge on any atom is -0.488 e. The predicted molar refractivity (Wildman–Crippen MR) is 132 cm³/mol. The number of benzene rings is 3. The molecule has 1 saturated carbocycles. The summed E-state index contributed by atoms with van der Waals surface area (Å²) in [6, 6.07) is 15.2. The molecule has 0 spiro atoms. The Morgan fingerprint density at radius 2 is 1.71 bits per heavy atom. The second kappa shape index (κ2) is 9.93. The molecule has 0 N–H and O–H groups in total. The van der Waals surface area contributed by atoms with Gasteiger partial charge in [-0.3, -0.25) is 0 Å². The number of imidazole rings is 1. The molecule has 1 aliphatic carbocycles. The monoisotopic (exact) mass is 500 g/mol. The van der Waals surface area contributed by atoms with Crippen molar-refractivity contribution >= 4 is 34.2 Å². The maximum Gasteiger partial charge on any atom is 0.161 e. The predicted octanol–water partition coefficient (Wildman–Crippen LogP) is 8.45. The van der Waals surface area contributed by atoms with E-state index in [-0.39, 0.29) is 6.61 Å². The number of rotatable bonds is 6. The van der Waals surface area contributed by atoms with E-state index in [0.717, 1.165) is 24.5 Å². The van der Waals surface area contributed by atoms with Crippen molar-refractivity contribution in [2.24, 2.45) is 5.92 Å². The van der Waals surface area contributed by atoms with Gasteiger partial charge in [-0.1, -0.05) is 60.7 Å². The number of aromatic nitrogens is 2. The van der Waals surface area contributed by atoms with E-state index in [1.165, 1.54) is 25.3 Å². The molecule has 1 aromatic heterocycles. The highest BCUT2D eigenvalue weighted by Gasteiger charge is 2.22. The van der Waals surface area contributed by atoms with Crippen LogP contribution in [0.3, 0.4) is 0 Å². The Hall–Kier alpha value is -2.63. The number of hydrogen-bond donors (Lipinski definition) is 0. The van der Waals surface area contributed by atoms with E-state index in [0.29, 0.717) is 50.7 Å². The van der Waals surface area contributed by atoms with E-state index in [2.05, 4.69) is 0 Å². The van der Waals surface area contributed by atoms with Gasteiger partial charge in [0, 0.05) is 34.3 Å². The Morgan fingerprint density at radius 3 is 2.50 bits per heavy atom. The summed E-state index contributed by atoms with van der Waals surface area (Å²) < 4.78 is 36.4. The fraction of sp³-hybridized carbons (Fsp3) is 0.296. The molecule has 34 heavy (non-hydrogen) atoms. The molecule has 0 atom stereocenters. The van der Waals surface area contributed by atoms with Crippen molar-refractivity contribution in [1.82, 2.24) is 9.55 Å². The van der Waals surface area contributed by atoms with Crippen molar-refractivity contribution in [2.45, 2.75) is 45.3 Å². The molecule has 4 aromatic rings. The zero-order chi connectivity index (χ0) is 23.7. The van der Waals surface area contributed by atoms with Crippen LogP contribution < -0.4 is 4.74 Å². The third-order valence-electron chi connectivity index (χ3n) is 6.48. The molecule has 0 saturated heterocycles. The number of nitrogens with zero attached hydrogens (tertiary/aromatic N) is 2. The Balaban J connectivity index is 1.59. The van der Waals surface area contributed by atoms with Gasteiger partial charge in [-0.15, -0.1) is 0 Å².